The number of hydrogen-bond acceptors (Lipinski definition) is 2. The molecule has 0 amide bonds. The standard InChI is InChI=1S/C15H22O2/c1-11-5-6-12(2)14(9-11)16-10-13-7-8-15(3,4)17-13/h5-6,9,13H,7-8,10H2,1-4H3. The molecule has 1 aromatic rings. The fourth-order valence-corrected chi connectivity index (χ4v) is 2.24. The van der Waals surface area contributed by atoms with Crippen LogP contribution in [0, 0.1) is 13.8 Å². The molecule has 0 radical (unpaired) electrons. The van der Waals surface area contributed by atoms with Crippen molar-refractivity contribution >= 4 is 0 Å². The van der Waals surface area contributed by atoms with Crippen LogP contribution in [0.25, 0.3) is 0 Å². The van der Waals surface area contributed by atoms with Crippen molar-refractivity contribution in [3.05, 3.63) is 29.3 Å². The minimum Gasteiger partial charge on any atom is -0.491 e. The Morgan fingerprint density at radius 3 is 2.76 bits per heavy atom. The molecule has 0 aromatic heterocycles. The molecule has 1 saturated heterocycles. The van der Waals surface area contributed by atoms with E-state index in [2.05, 4.69) is 45.9 Å². The molecular weight excluding hydrogens is 212 g/mol. The van der Waals surface area contributed by atoms with Gasteiger partial charge in [-0.1, -0.05) is 12.1 Å². The first-order chi connectivity index (χ1) is 7.96. The highest BCUT2D eigenvalue weighted by molar-refractivity contribution is 5.35. The smallest absolute Gasteiger partial charge is 0.122 e. The van der Waals surface area contributed by atoms with Crippen LogP contribution in [0.1, 0.15) is 37.8 Å². The van der Waals surface area contributed by atoms with Crippen LogP contribution in [0.3, 0.4) is 0 Å². The Morgan fingerprint density at radius 1 is 1.35 bits per heavy atom. The first kappa shape index (κ1) is 12.4. The quantitative estimate of drug-likeness (QED) is 0.795. The van der Waals surface area contributed by atoms with Crippen LogP contribution in [-0.4, -0.2) is 18.3 Å². The second kappa shape index (κ2) is 4.69. The van der Waals surface area contributed by atoms with Crippen molar-refractivity contribution in [2.75, 3.05) is 6.61 Å². The van der Waals surface area contributed by atoms with Crippen LogP contribution in [0.4, 0.5) is 0 Å². The van der Waals surface area contributed by atoms with E-state index in [9.17, 15) is 0 Å². The van der Waals surface area contributed by atoms with Gasteiger partial charge in [0, 0.05) is 0 Å². The van der Waals surface area contributed by atoms with Gasteiger partial charge in [0.2, 0.25) is 0 Å². The Hall–Kier alpha value is -1.02. The molecule has 0 bridgehead atoms. The SMILES string of the molecule is Cc1ccc(C)c(OCC2CCC(C)(C)O2)c1. The molecule has 2 heteroatoms. The maximum absolute atomic E-state index is 5.92. The van der Waals surface area contributed by atoms with Crippen LogP contribution in [-0.2, 0) is 4.74 Å². The number of hydrogen-bond donors (Lipinski definition) is 0. The van der Waals surface area contributed by atoms with Crippen molar-refractivity contribution in [3.63, 3.8) is 0 Å². The summed E-state index contributed by atoms with van der Waals surface area (Å²) in [6.07, 6.45) is 2.45. The number of aryl methyl sites for hydroxylation is 2. The van der Waals surface area contributed by atoms with Crippen molar-refractivity contribution in [2.45, 2.75) is 52.2 Å². The molecule has 0 aliphatic carbocycles. The first-order valence-electron chi connectivity index (χ1n) is 6.34. The minimum atomic E-state index is 0.0235. The van der Waals surface area contributed by atoms with Gasteiger partial charge in [0.05, 0.1) is 11.7 Å². The van der Waals surface area contributed by atoms with Crippen molar-refractivity contribution in [3.8, 4) is 5.75 Å². The molecule has 1 aromatic carbocycles. The van der Waals surface area contributed by atoms with Crippen LogP contribution < -0.4 is 4.74 Å². The van der Waals surface area contributed by atoms with Crippen LogP contribution in [0.5, 0.6) is 5.75 Å². The lowest BCUT2D eigenvalue weighted by atomic mass is 10.1. The van der Waals surface area contributed by atoms with Gasteiger partial charge in [0.1, 0.15) is 12.4 Å². The molecule has 1 fully saturated rings. The monoisotopic (exact) mass is 234 g/mol. The highest BCUT2D eigenvalue weighted by Gasteiger charge is 2.31. The van der Waals surface area contributed by atoms with E-state index in [1.54, 1.807) is 0 Å². The van der Waals surface area contributed by atoms with Gasteiger partial charge in [0.25, 0.3) is 0 Å². The van der Waals surface area contributed by atoms with E-state index < -0.39 is 0 Å². The predicted octanol–water partition coefficient (Wildman–Crippen LogP) is 3.64. The van der Waals surface area contributed by atoms with Gasteiger partial charge in [-0.25, -0.2) is 0 Å². The molecular formula is C15H22O2. The lowest BCUT2D eigenvalue weighted by molar-refractivity contribution is -0.0327. The van der Waals surface area contributed by atoms with Gasteiger partial charge >= 0.3 is 0 Å². The van der Waals surface area contributed by atoms with Crippen LogP contribution >= 0.6 is 0 Å². The zero-order valence-electron chi connectivity index (χ0n) is 11.2. The lowest BCUT2D eigenvalue weighted by Gasteiger charge is -2.20. The molecule has 1 aliphatic rings. The summed E-state index contributed by atoms with van der Waals surface area (Å²) in [5.41, 5.74) is 2.45. The summed E-state index contributed by atoms with van der Waals surface area (Å²) < 4.78 is 11.8. The molecule has 0 N–H and O–H groups in total. The second-order valence-electron chi connectivity index (χ2n) is 5.62. The summed E-state index contributed by atoms with van der Waals surface area (Å²) in [6.45, 7) is 9.11. The number of ether oxygens (including phenoxy) is 2. The average molecular weight is 234 g/mol. The summed E-state index contributed by atoms with van der Waals surface area (Å²) in [7, 11) is 0. The summed E-state index contributed by atoms with van der Waals surface area (Å²) >= 11 is 0. The van der Waals surface area contributed by atoms with Gasteiger partial charge in [-0.15, -0.1) is 0 Å². The molecule has 1 heterocycles. The molecule has 0 saturated carbocycles. The van der Waals surface area contributed by atoms with E-state index in [4.69, 9.17) is 9.47 Å². The Kier molecular flexibility index (Phi) is 3.43. The van der Waals surface area contributed by atoms with Crippen molar-refractivity contribution in [1.82, 2.24) is 0 Å². The molecule has 1 atom stereocenters. The summed E-state index contributed by atoms with van der Waals surface area (Å²) in [5.74, 6) is 0.985. The van der Waals surface area contributed by atoms with E-state index in [0.717, 1.165) is 18.6 Å². The fourth-order valence-electron chi connectivity index (χ4n) is 2.24. The van der Waals surface area contributed by atoms with E-state index in [1.807, 2.05) is 0 Å². The highest BCUT2D eigenvalue weighted by atomic mass is 16.6. The molecule has 94 valence electrons. The average Bonchev–Trinajstić information content (AvgIpc) is 2.60. The predicted molar refractivity (Wildman–Crippen MR) is 69.6 cm³/mol. The Bertz CT molecular complexity index is 396. The van der Waals surface area contributed by atoms with Crippen molar-refractivity contribution < 1.29 is 9.47 Å². The second-order valence-corrected chi connectivity index (χ2v) is 5.62. The third-order valence-corrected chi connectivity index (χ3v) is 3.32. The molecule has 1 aliphatic heterocycles. The zero-order chi connectivity index (χ0) is 12.5. The van der Waals surface area contributed by atoms with E-state index >= 15 is 0 Å². The van der Waals surface area contributed by atoms with Gasteiger partial charge in [-0.2, -0.15) is 0 Å². The third kappa shape index (κ3) is 3.22. The zero-order valence-corrected chi connectivity index (χ0v) is 11.2. The summed E-state index contributed by atoms with van der Waals surface area (Å²) in [6, 6.07) is 6.30. The Balaban J connectivity index is 1.92. The normalized spacial score (nSPS) is 22.7. The fraction of sp³-hybridized carbons (Fsp3) is 0.600. The first-order valence-corrected chi connectivity index (χ1v) is 6.34. The summed E-state index contributed by atoms with van der Waals surface area (Å²) in [5, 5.41) is 0. The van der Waals surface area contributed by atoms with Crippen LogP contribution in [0.15, 0.2) is 18.2 Å². The maximum atomic E-state index is 5.92. The van der Waals surface area contributed by atoms with Crippen molar-refractivity contribution in [2.24, 2.45) is 0 Å². The largest absolute Gasteiger partial charge is 0.491 e. The Morgan fingerprint density at radius 2 is 2.12 bits per heavy atom. The minimum absolute atomic E-state index is 0.0235. The number of rotatable bonds is 3. The maximum Gasteiger partial charge on any atom is 0.122 e. The number of benzene rings is 1. The third-order valence-electron chi connectivity index (χ3n) is 3.32. The summed E-state index contributed by atoms with van der Waals surface area (Å²) in [4.78, 5) is 0. The van der Waals surface area contributed by atoms with E-state index in [-0.39, 0.29) is 11.7 Å². The molecule has 1 unspecified atom stereocenters. The molecule has 17 heavy (non-hydrogen) atoms. The molecule has 0 spiro atoms. The van der Waals surface area contributed by atoms with Gasteiger partial charge < -0.3 is 9.47 Å². The molecule has 2 rings (SSSR count). The highest BCUT2D eigenvalue weighted by Crippen LogP contribution is 2.30. The van der Waals surface area contributed by atoms with E-state index in [0.29, 0.717) is 6.61 Å². The van der Waals surface area contributed by atoms with Crippen molar-refractivity contribution in [1.29, 1.82) is 0 Å². The Labute approximate surface area is 104 Å². The van der Waals surface area contributed by atoms with Gasteiger partial charge in [-0.3, -0.25) is 0 Å². The van der Waals surface area contributed by atoms with Crippen LogP contribution in [0.2, 0.25) is 0 Å². The van der Waals surface area contributed by atoms with Gasteiger partial charge in [-0.05, 0) is 57.7 Å². The molecule has 2 nitrogen and oxygen atoms in total. The van der Waals surface area contributed by atoms with E-state index in [1.165, 1.54) is 11.1 Å². The topological polar surface area (TPSA) is 18.5 Å². The lowest BCUT2D eigenvalue weighted by Crippen LogP contribution is -2.24. The van der Waals surface area contributed by atoms with Gasteiger partial charge in [0.15, 0.2) is 0 Å².